The number of carboxylic acids is 1. The van der Waals surface area contributed by atoms with Gasteiger partial charge in [-0.3, -0.25) is 14.4 Å². The molecule has 0 spiro atoms. The maximum absolute atomic E-state index is 12.9. The highest BCUT2D eigenvalue weighted by Crippen LogP contribution is 2.13. The molecule has 1 rings (SSSR count). The number of nitrogens with one attached hydrogen (secondary N) is 3. The van der Waals surface area contributed by atoms with Gasteiger partial charge in [-0.15, -0.1) is 0 Å². The smallest absolute Gasteiger partial charge is 0.327 e. The molecule has 31 heavy (non-hydrogen) atoms. The van der Waals surface area contributed by atoms with E-state index in [0.717, 1.165) is 0 Å². The number of thiol groups is 1. The van der Waals surface area contributed by atoms with Gasteiger partial charge in [-0.25, -0.2) is 4.79 Å². The summed E-state index contributed by atoms with van der Waals surface area (Å²) < 4.78 is 0. The van der Waals surface area contributed by atoms with Gasteiger partial charge in [0.1, 0.15) is 23.9 Å². The minimum atomic E-state index is -1.26. The van der Waals surface area contributed by atoms with Crippen LogP contribution >= 0.6 is 12.6 Å². The molecule has 0 bridgehead atoms. The Bertz CT molecular complexity index is 773. The molecule has 1 aromatic rings. The van der Waals surface area contributed by atoms with Gasteiger partial charge < -0.3 is 31.9 Å². The number of phenols is 1. The van der Waals surface area contributed by atoms with Crippen LogP contribution in [0.2, 0.25) is 0 Å². The number of rotatable bonds is 12. The molecule has 11 heteroatoms. The number of aromatic hydroxyl groups is 1. The molecule has 0 aliphatic carbocycles. The molecule has 0 aromatic heterocycles. The van der Waals surface area contributed by atoms with E-state index in [1.807, 2.05) is 6.92 Å². The van der Waals surface area contributed by atoms with Gasteiger partial charge in [-0.05, 0) is 23.6 Å². The summed E-state index contributed by atoms with van der Waals surface area (Å²) in [6.45, 7) is 3.33. The van der Waals surface area contributed by atoms with E-state index in [9.17, 15) is 29.4 Å². The van der Waals surface area contributed by atoms with Gasteiger partial charge >= 0.3 is 5.97 Å². The molecule has 0 heterocycles. The summed E-state index contributed by atoms with van der Waals surface area (Å²) in [6, 6.07) is 2.75. The molecule has 1 aromatic carbocycles. The summed E-state index contributed by atoms with van der Waals surface area (Å²) >= 11 is 3.93. The lowest BCUT2D eigenvalue weighted by molar-refractivity contribution is -0.141. The summed E-state index contributed by atoms with van der Waals surface area (Å²) in [5.74, 6) is -3.41. The number of nitrogens with two attached hydrogens (primary N) is 1. The van der Waals surface area contributed by atoms with E-state index in [1.54, 1.807) is 19.1 Å². The number of carboxylic acid groups (broad SMARTS) is 1. The van der Waals surface area contributed by atoms with Crippen LogP contribution < -0.4 is 21.7 Å². The Kier molecular flexibility index (Phi) is 10.8. The van der Waals surface area contributed by atoms with Crippen LogP contribution in [-0.4, -0.2) is 64.3 Å². The lowest BCUT2D eigenvalue weighted by atomic mass is 9.97. The number of amides is 3. The van der Waals surface area contributed by atoms with Crippen LogP contribution in [0.4, 0.5) is 0 Å². The van der Waals surface area contributed by atoms with Crippen molar-refractivity contribution in [2.45, 2.75) is 44.8 Å². The maximum atomic E-state index is 12.9. The molecule has 0 radical (unpaired) electrons. The summed E-state index contributed by atoms with van der Waals surface area (Å²) in [5, 5.41) is 26.2. The highest BCUT2D eigenvalue weighted by molar-refractivity contribution is 7.80. The topological polar surface area (TPSA) is 171 Å². The second kappa shape index (κ2) is 12.8. The second-order valence-corrected chi connectivity index (χ2v) is 7.51. The van der Waals surface area contributed by atoms with Crippen LogP contribution in [0.15, 0.2) is 24.3 Å². The maximum Gasteiger partial charge on any atom is 0.327 e. The largest absolute Gasteiger partial charge is 0.508 e. The summed E-state index contributed by atoms with van der Waals surface area (Å²) in [4.78, 5) is 48.7. The Balaban J connectivity index is 3.10. The van der Waals surface area contributed by atoms with Crippen LogP contribution in [0, 0.1) is 5.92 Å². The van der Waals surface area contributed by atoms with Crippen molar-refractivity contribution in [2.24, 2.45) is 11.7 Å². The highest BCUT2D eigenvalue weighted by atomic mass is 32.1. The quantitative estimate of drug-likeness (QED) is 0.207. The first kappa shape index (κ1) is 26.2. The molecule has 172 valence electrons. The normalized spacial score (nSPS) is 14.6. The average Bonchev–Trinajstić information content (AvgIpc) is 2.75. The van der Waals surface area contributed by atoms with Crippen LogP contribution in [0.3, 0.4) is 0 Å². The lowest BCUT2D eigenvalue weighted by Crippen LogP contribution is -2.58. The Morgan fingerprint density at radius 3 is 2.10 bits per heavy atom. The first-order chi connectivity index (χ1) is 14.6. The Morgan fingerprint density at radius 2 is 1.61 bits per heavy atom. The molecule has 10 nitrogen and oxygen atoms in total. The minimum absolute atomic E-state index is 0.0365. The summed E-state index contributed by atoms with van der Waals surface area (Å²) in [6.07, 6.45) is 0.618. The van der Waals surface area contributed by atoms with Crippen molar-refractivity contribution in [3.05, 3.63) is 29.8 Å². The van der Waals surface area contributed by atoms with E-state index in [2.05, 4.69) is 28.6 Å². The Labute approximate surface area is 186 Å². The summed E-state index contributed by atoms with van der Waals surface area (Å²) in [5.41, 5.74) is 5.96. The molecule has 3 amide bonds. The highest BCUT2D eigenvalue weighted by Gasteiger charge is 2.31. The first-order valence-electron chi connectivity index (χ1n) is 9.84. The monoisotopic (exact) mass is 454 g/mol. The first-order valence-corrected chi connectivity index (χ1v) is 10.5. The van der Waals surface area contributed by atoms with E-state index in [4.69, 9.17) is 5.73 Å². The van der Waals surface area contributed by atoms with E-state index in [-0.39, 0.29) is 30.4 Å². The van der Waals surface area contributed by atoms with Gasteiger partial charge in [-0.1, -0.05) is 32.4 Å². The van der Waals surface area contributed by atoms with Gasteiger partial charge in [-0.2, -0.15) is 12.6 Å². The van der Waals surface area contributed by atoms with E-state index >= 15 is 0 Å². The van der Waals surface area contributed by atoms with Crippen molar-refractivity contribution in [2.75, 3.05) is 12.3 Å². The number of hydrogen-bond donors (Lipinski definition) is 7. The molecular weight excluding hydrogens is 424 g/mol. The van der Waals surface area contributed by atoms with E-state index in [0.29, 0.717) is 12.0 Å². The fourth-order valence-electron chi connectivity index (χ4n) is 2.73. The molecule has 4 atom stereocenters. The van der Waals surface area contributed by atoms with Crippen molar-refractivity contribution in [3.63, 3.8) is 0 Å². The van der Waals surface area contributed by atoms with Gasteiger partial charge in [0.25, 0.3) is 0 Å². The number of hydrogen-bond acceptors (Lipinski definition) is 7. The van der Waals surface area contributed by atoms with Crippen LogP contribution in [0.25, 0.3) is 0 Å². The predicted octanol–water partition coefficient (Wildman–Crippen LogP) is -0.592. The third kappa shape index (κ3) is 8.46. The molecule has 0 aliphatic heterocycles. The van der Waals surface area contributed by atoms with Crippen molar-refractivity contribution in [1.29, 1.82) is 0 Å². The van der Waals surface area contributed by atoms with Crippen LogP contribution in [0.5, 0.6) is 5.75 Å². The van der Waals surface area contributed by atoms with Crippen molar-refractivity contribution < 1.29 is 29.4 Å². The molecule has 4 unspecified atom stereocenters. The van der Waals surface area contributed by atoms with Gasteiger partial charge in [0.2, 0.25) is 17.7 Å². The molecule has 0 fully saturated rings. The predicted molar refractivity (Wildman–Crippen MR) is 118 cm³/mol. The minimum Gasteiger partial charge on any atom is -0.508 e. The van der Waals surface area contributed by atoms with Gasteiger partial charge in [0, 0.05) is 12.2 Å². The second-order valence-electron chi connectivity index (χ2n) is 7.15. The van der Waals surface area contributed by atoms with Gasteiger partial charge in [0.05, 0.1) is 6.54 Å². The zero-order chi connectivity index (χ0) is 23.6. The third-order valence-electron chi connectivity index (χ3n) is 4.80. The molecule has 0 saturated heterocycles. The Morgan fingerprint density at radius 1 is 1.03 bits per heavy atom. The number of benzene rings is 1. The standard InChI is InChI=1S/C20H30N4O6S/c1-3-11(2)17(24-16(26)9-21)19(28)22-14(8-12-4-6-13(25)7-5-12)18(27)23-15(10-31)20(29)30/h4-7,11,14-15,17,25,31H,3,8-10,21H2,1-2H3,(H,22,28)(H,23,27)(H,24,26)(H,29,30). The lowest BCUT2D eigenvalue weighted by Gasteiger charge is -2.27. The number of aliphatic carboxylic acids is 1. The molecule has 7 N–H and O–H groups in total. The molecule has 0 aliphatic rings. The van der Waals surface area contributed by atoms with Crippen molar-refractivity contribution in [3.8, 4) is 5.75 Å². The SMILES string of the molecule is CCC(C)C(NC(=O)CN)C(=O)NC(Cc1ccc(O)cc1)C(=O)NC(CS)C(=O)O. The van der Waals surface area contributed by atoms with E-state index in [1.165, 1.54) is 12.1 Å². The van der Waals surface area contributed by atoms with E-state index < -0.39 is 41.8 Å². The summed E-state index contributed by atoms with van der Waals surface area (Å²) in [7, 11) is 0. The fourth-order valence-corrected chi connectivity index (χ4v) is 2.98. The number of carbonyl (C=O) groups is 4. The molecule has 0 saturated carbocycles. The third-order valence-corrected chi connectivity index (χ3v) is 5.17. The van der Waals surface area contributed by atoms with Crippen LogP contribution in [-0.2, 0) is 25.6 Å². The van der Waals surface area contributed by atoms with Crippen LogP contribution in [0.1, 0.15) is 25.8 Å². The fraction of sp³-hybridized carbons (Fsp3) is 0.500. The zero-order valence-electron chi connectivity index (χ0n) is 17.5. The zero-order valence-corrected chi connectivity index (χ0v) is 18.4. The average molecular weight is 455 g/mol. The number of carbonyl (C=O) groups excluding carboxylic acids is 3. The number of phenolic OH excluding ortho intramolecular Hbond substituents is 1. The van der Waals surface area contributed by atoms with Gasteiger partial charge in [0.15, 0.2) is 0 Å². The Hall–Kier alpha value is -2.79. The van der Waals surface area contributed by atoms with Crippen molar-refractivity contribution in [1.82, 2.24) is 16.0 Å². The van der Waals surface area contributed by atoms with Crippen molar-refractivity contribution >= 4 is 36.3 Å². The molecular formula is C20H30N4O6S.